The van der Waals surface area contributed by atoms with Crippen LogP contribution in [0.3, 0.4) is 0 Å². The lowest BCUT2D eigenvalue weighted by atomic mass is 10.1. The molecule has 0 saturated carbocycles. The normalized spacial score (nSPS) is 20.7. The summed E-state index contributed by atoms with van der Waals surface area (Å²) in [6.07, 6.45) is 2.72. The summed E-state index contributed by atoms with van der Waals surface area (Å²) in [5.41, 5.74) is 0. The fraction of sp³-hybridized carbons (Fsp3) is 0.455. The van der Waals surface area contributed by atoms with Crippen LogP contribution in [-0.2, 0) is 4.79 Å². The lowest BCUT2D eigenvalue weighted by Gasteiger charge is -2.17. The highest BCUT2D eigenvalue weighted by atomic mass is 79.9. The van der Waals surface area contributed by atoms with E-state index in [0.717, 1.165) is 29.8 Å². The topological polar surface area (TPSA) is 33.2 Å². The number of aromatic nitrogens is 1. The van der Waals surface area contributed by atoms with Crippen molar-refractivity contribution in [2.24, 2.45) is 5.92 Å². The third-order valence-corrected chi connectivity index (χ3v) is 3.42. The van der Waals surface area contributed by atoms with Crippen LogP contribution in [0.5, 0.6) is 0 Å². The molecule has 0 aromatic carbocycles. The zero-order valence-corrected chi connectivity index (χ0v) is 10.2. The molecule has 1 fully saturated rings. The van der Waals surface area contributed by atoms with Crippen molar-refractivity contribution >= 4 is 27.5 Å². The number of pyridine rings is 1. The van der Waals surface area contributed by atoms with Gasteiger partial charge in [-0.25, -0.2) is 4.98 Å². The van der Waals surface area contributed by atoms with E-state index in [-0.39, 0.29) is 11.7 Å². The molecule has 0 amide bonds. The van der Waals surface area contributed by atoms with E-state index in [2.05, 4.69) is 25.8 Å². The number of carbonyl (C=O) groups excluding carboxylic acids is 1. The molecule has 15 heavy (non-hydrogen) atoms. The van der Waals surface area contributed by atoms with Crippen LogP contribution >= 0.6 is 15.9 Å². The summed E-state index contributed by atoms with van der Waals surface area (Å²) < 4.78 is 0.995. The third-order valence-electron chi connectivity index (χ3n) is 2.80. The first-order valence-corrected chi connectivity index (χ1v) is 5.83. The van der Waals surface area contributed by atoms with E-state index < -0.39 is 0 Å². The van der Waals surface area contributed by atoms with Crippen molar-refractivity contribution in [2.45, 2.75) is 13.3 Å². The van der Waals surface area contributed by atoms with Crippen molar-refractivity contribution in [3.8, 4) is 0 Å². The van der Waals surface area contributed by atoms with E-state index in [0.29, 0.717) is 0 Å². The summed E-state index contributed by atoms with van der Waals surface area (Å²) in [7, 11) is 0. The van der Waals surface area contributed by atoms with Gasteiger partial charge in [0, 0.05) is 25.2 Å². The SMILES string of the molecule is CC(=O)[C@H]1CCN(c2ncccc2Br)C1. The number of rotatable bonds is 2. The highest BCUT2D eigenvalue weighted by Crippen LogP contribution is 2.28. The number of anilines is 1. The van der Waals surface area contributed by atoms with Crippen LogP contribution in [0.1, 0.15) is 13.3 Å². The monoisotopic (exact) mass is 268 g/mol. The van der Waals surface area contributed by atoms with Gasteiger partial charge in [0.25, 0.3) is 0 Å². The lowest BCUT2D eigenvalue weighted by molar-refractivity contribution is -0.120. The Balaban J connectivity index is 2.14. The van der Waals surface area contributed by atoms with Gasteiger partial charge >= 0.3 is 0 Å². The molecule has 0 spiro atoms. The second kappa shape index (κ2) is 4.31. The number of ketones is 1. The summed E-state index contributed by atoms with van der Waals surface area (Å²) in [6.45, 7) is 3.38. The van der Waals surface area contributed by atoms with Gasteiger partial charge in [0.05, 0.1) is 4.47 Å². The molecular formula is C11H13BrN2O. The van der Waals surface area contributed by atoms with Gasteiger partial charge in [-0.05, 0) is 41.4 Å². The number of nitrogens with zero attached hydrogens (tertiary/aromatic N) is 2. The first-order chi connectivity index (χ1) is 7.18. The molecular weight excluding hydrogens is 256 g/mol. The molecule has 1 aromatic rings. The Kier molecular flexibility index (Phi) is 3.05. The zero-order valence-electron chi connectivity index (χ0n) is 8.61. The minimum atomic E-state index is 0.180. The van der Waals surface area contributed by atoms with Crippen LogP contribution in [0.15, 0.2) is 22.8 Å². The van der Waals surface area contributed by atoms with Crippen LogP contribution in [-0.4, -0.2) is 23.9 Å². The van der Waals surface area contributed by atoms with Crippen molar-refractivity contribution in [1.29, 1.82) is 0 Å². The molecule has 0 N–H and O–H groups in total. The van der Waals surface area contributed by atoms with Crippen molar-refractivity contribution < 1.29 is 4.79 Å². The van der Waals surface area contributed by atoms with Crippen molar-refractivity contribution in [2.75, 3.05) is 18.0 Å². The Hall–Kier alpha value is -0.900. The van der Waals surface area contributed by atoms with Crippen LogP contribution in [0.4, 0.5) is 5.82 Å². The van der Waals surface area contributed by atoms with Gasteiger partial charge in [-0.3, -0.25) is 4.79 Å². The molecule has 2 heterocycles. The molecule has 4 heteroatoms. The van der Waals surface area contributed by atoms with E-state index >= 15 is 0 Å². The van der Waals surface area contributed by atoms with Crippen molar-refractivity contribution in [1.82, 2.24) is 4.98 Å². The van der Waals surface area contributed by atoms with Gasteiger partial charge in [-0.15, -0.1) is 0 Å². The van der Waals surface area contributed by atoms with Gasteiger partial charge in [-0.2, -0.15) is 0 Å². The van der Waals surface area contributed by atoms with E-state index in [4.69, 9.17) is 0 Å². The van der Waals surface area contributed by atoms with Crippen molar-refractivity contribution in [3.05, 3.63) is 22.8 Å². The maximum atomic E-state index is 11.2. The van der Waals surface area contributed by atoms with Gasteiger partial charge in [0.2, 0.25) is 0 Å². The Morgan fingerprint density at radius 2 is 2.47 bits per heavy atom. The summed E-state index contributed by atoms with van der Waals surface area (Å²) in [5.74, 6) is 1.41. The summed E-state index contributed by atoms with van der Waals surface area (Å²) in [6, 6.07) is 3.87. The molecule has 1 atom stereocenters. The van der Waals surface area contributed by atoms with Gasteiger partial charge < -0.3 is 4.90 Å². The second-order valence-electron chi connectivity index (χ2n) is 3.85. The third kappa shape index (κ3) is 2.20. The highest BCUT2D eigenvalue weighted by Gasteiger charge is 2.27. The molecule has 1 aliphatic rings. The molecule has 0 aliphatic carbocycles. The van der Waals surface area contributed by atoms with E-state index in [9.17, 15) is 4.79 Å². The number of hydrogen-bond donors (Lipinski definition) is 0. The minimum Gasteiger partial charge on any atom is -0.355 e. The summed E-state index contributed by atoms with van der Waals surface area (Å²) in [4.78, 5) is 17.7. The van der Waals surface area contributed by atoms with Crippen LogP contribution in [0.25, 0.3) is 0 Å². The van der Waals surface area contributed by atoms with Crippen LogP contribution in [0, 0.1) is 5.92 Å². The molecule has 1 aromatic heterocycles. The number of Topliss-reactive ketones (excluding diaryl/α,β-unsaturated/α-hetero) is 1. The Morgan fingerprint density at radius 1 is 1.67 bits per heavy atom. The standard InChI is InChI=1S/C11H13BrN2O/c1-8(15)9-4-6-14(7-9)11-10(12)3-2-5-13-11/h2-3,5,9H,4,6-7H2,1H3/t9-/m0/s1. The zero-order chi connectivity index (χ0) is 10.8. The fourth-order valence-electron chi connectivity index (χ4n) is 1.89. The Morgan fingerprint density at radius 3 is 3.07 bits per heavy atom. The number of halogens is 1. The Labute approximate surface area is 97.6 Å². The summed E-state index contributed by atoms with van der Waals surface area (Å²) in [5, 5.41) is 0. The molecule has 3 nitrogen and oxygen atoms in total. The highest BCUT2D eigenvalue weighted by molar-refractivity contribution is 9.10. The molecule has 1 saturated heterocycles. The predicted octanol–water partition coefficient (Wildman–Crippen LogP) is 2.26. The minimum absolute atomic E-state index is 0.180. The quantitative estimate of drug-likeness (QED) is 0.825. The summed E-state index contributed by atoms with van der Waals surface area (Å²) >= 11 is 3.47. The molecule has 80 valence electrons. The van der Waals surface area contributed by atoms with Crippen LogP contribution in [0.2, 0.25) is 0 Å². The predicted molar refractivity (Wildman–Crippen MR) is 62.9 cm³/mol. The smallest absolute Gasteiger partial charge is 0.142 e. The molecule has 0 radical (unpaired) electrons. The fourth-order valence-corrected chi connectivity index (χ4v) is 2.40. The maximum Gasteiger partial charge on any atom is 0.142 e. The van der Waals surface area contributed by atoms with Gasteiger partial charge in [0.15, 0.2) is 0 Å². The lowest BCUT2D eigenvalue weighted by Crippen LogP contribution is -2.23. The first kappa shape index (κ1) is 10.6. The second-order valence-corrected chi connectivity index (χ2v) is 4.71. The van der Waals surface area contributed by atoms with E-state index in [1.807, 2.05) is 12.1 Å². The van der Waals surface area contributed by atoms with Crippen molar-refractivity contribution in [3.63, 3.8) is 0 Å². The average Bonchev–Trinajstić information content (AvgIpc) is 2.67. The molecule has 0 unspecified atom stereocenters. The van der Waals surface area contributed by atoms with E-state index in [1.165, 1.54) is 0 Å². The molecule has 2 rings (SSSR count). The molecule has 0 bridgehead atoms. The number of carbonyl (C=O) groups is 1. The number of hydrogen-bond acceptors (Lipinski definition) is 3. The Bertz CT molecular complexity index is 381. The first-order valence-electron chi connectivity index (χ1n) is 5.04. The van der Waals surface area contributed by atoms with Gasteiger partial charge in [-0.1, -0.05) is 0 Å². The maximum absolute atomic E-state index is 11.2. The van der Waals surface area contributed by atoms with E-state index in [1.54, 1.807) is 13.1 Å². The van der Waals surface area contributed by atoms with Gasteiger partial charge in [0.1, 0.15) is 11.6 Å². The molecule has 1 aliphatic heterocycles. The average molecular weight is 269 g/mol. The largest absolute Gasteiger partial charge is 0.355 e. The van der Waals surface area contributed by atoms with Crippen LogP contribution < -0.4 is 4.90 Å².